The van der Waals surface area contributed by atoms with Crippen LogP contribution < -0.4 is 10.1 Å². The standard InChI is InChI=1S/C20H23ClN2O3/c1-15(24)23(12-10-16-6-4-3-5-7-16)13-11-20(25)22-18-14-17(21)8-9-19(18)26-2/h3-9,14H,10-13H2,1-2H3,(H,22,25). The average Bonchev–Trinajstić information content (AvgIpc) is 2.62. The fourth-order valence-electron chi connectivity index (χ4n) is 2.56. The summed E-state index contributed by atoms with van der Waals surface area (Å²) < 4.78 is 5.21. The number of anilines is 1. The second-order valence-electron chi connectivity index (χ2n) is 5.88. The second-order valence-corrected chi connectivity index (χ2v) is 6.32. The van der Waals surface area contributed by atoms with Crippen LogP contribution in [0.3, 0.4) is 0 Å². The van der Waals surface area contributed by atoms with Gasteiger partial charge in [-0.1, -0.05) is 41.9 Å². The molecule has 26 heavy (non-hydrogen) atoms. The molecular weight excluding hydrogens is 352 g/mol. The van der Waals surface area contributed by atoms with Gasteiger partial charge in [-0.2, -0.15) is 0 Å². The first kappa shape index (κ1) is 19.8. The van der Waals surface area contributed by atoms with Crippen LogP contribution >= 0.6 is 11.6 Å². The predicted octanol–water partition coefficient (Wildman–Crippen LogP) is 3.77. The smallest absolute Gasteiger partial charge is 0.226 e. The highest BCUT2D eigenvalue weighted by Gasteiger charge is 2.13. The van der Waals surface area contributed by atoms with Crippen molar-refractivity contribution in [1.29, 1.82) is 0 Å². The Kier molecular flexibility index (Phi) is 7.48. The van der Waals surface area contributed by atoms with Crippen LogP contribution in [-0.2, 0) is 16.0 Å². The van der Waals surface area contributed by atoms with Gasteiger partial charge < -0.3 is 15.0 Å². The highest BCUT2D eigenvalue weighted by molar-refractivity contribution is 6.31. The van der Waals surface area contributed by atoms with Gasteiger partial charge in [0, 0.05) is 31.5 Å². The molecule has 0 fully saturated rings. The number of carbonyl (C=O) groups excluding carboxylic acids is 2. The lowest BCUT2D eigenvalue weighted by atomic mass is 10.1. The van der Waals surface area contributed by atoms with Gasteiger partial charge in [-0.25, -0.2) is 0 Å². The number of methoxy groups -OCH3 is 1. The first-order valence-corrected chi connectivity index (χ1v) is 8.80. The van der Waals surface area contributed by atoms with E-state index in [4.69, 9.17) is 16.3 Å². The number of amides is 2. The van der Waals surface area contributed by atoms with Crippen LogP contribution in [0.4, 0.5) is 5.69 Å². The molecule has 2 rings (SSSR count). The molecule has 0 spiro atoms. The van der Waals surface area contributed by atoms with E-state index in [9.17, 15) is 9.59 Å². The number of halogens is 1. The number of nitrogens with one attached hydrogen (secondary N) is 1. The molecule has 0 radical (unpaired) electrons. The summed E-state index contributed by atoms with van der Waals surface area (Å²) >= 11 is 5.97. The molecule has 2 aromatic carbocycles. The molecule has 0 aromatic heterocycles. The van der Waals surface area contributed by atoms with E-state index in [1.165, 1.54) is 14.0 Å². The summed E-state index contributed by atoms with van der Waals surface area (Å²) in [5, 5.41) is 3.29. The molecule has 2 amide bonds. The Balaban J connectivity index is 1.89. The van der Waals surface area contributed by atoms with Gasteiger partial charge in [0.25, 0.3) is 0 Å². The zero-order valence-electron chi connectivity index (χ0n) is 15.0. The van der Waals surface area contributed by atoms with Gasteiger partial charge in [-0.05, 0) is 30.2 Å². The zero-order valence-corrected chi connectivity index (χ0v) is 15.8. The number of hydrogen-bond donors (Lipinski definition) is 1. The Morgan fingerprint density at radius 1 is 1.12 bits per heavy atom. The molecule has 0 saturated carbocycles. The minimum absolute atomic E-state index is 0.0472. The van der Waals surface area contributed by atoms with E-state index in [1.54, 1.807) is 23.1 Å². The molecule has 0 saturated heterocycles. The van der Waals surface area contributed by atoms with Crippen molar-refractivity contribution in [3.05, 3.63) is 59.1 Å². The quantitative estimate of drug-likeness (QED) is 0.765. The number of nitrogens with zero attached hydrogens (tertiary/aromatic N) is 1. The normalized spacial score (nSPS) is 10.3. The topological polar surface area (TPSA) is 58.6 Å². The van der Waals surface area contributed by atoms with Crippen molar-refractivity contribution in [3.8, 4) is 5.75 Å². The maximum atomic E-state index is 12.2. The van der Waals surface area contributed by atoms with E-state index in [2.05, 4.69) is 5.32 Å². The Morgan fingerprint density at radius 2 is 1.85 bits per heavy atom. The summed E-state index contributed by atoms with van der Waals surface area (Å²) in [5.74, 6) is 0.292. The summed E-state index contributed by atoms with van der Waals surface area (Å²) in [4.78, 5) is 25.8. The third-order valence-electron chi connectivity index (χ3n) is 4.00. The summed E-state index contributed by atoms with van der Waals surface area (Å²) in [6.07, 6.45) is 0.953. The maximum Gasteiger partial charge on any atom is 0.226 e. The Hall–Kier alpha value is -2.53. The van der Waals surface area contributed by atoms with Crippen LogP contribution in [0.25, 0.3) is 0 Å². The minimum Gasteiger partial charge on any atom is -0.495 e. The Labute approximate surface area is 158 Å². The van der Waals surface area contributed by atoms with E-state index < -0.39 is 0 Å². The van der Waals surface area contributed by atoms with Crippen LogP contribution in [0.15, 0.2) is 48.5 Å². The van der Waals surface area contributed by atoms with Crippen LogP contribution in [0.1, 0.15) is 18.9 Å². The molecular formula is C20H23ClN2O3. The highest BCUT2D eigenvalue weighted by atomic mass is 35.5. The van der Waals surface area contributed by atoms with Crippen molar-refractivity contribution in [2.45, 2.75) is 19.8 Å². The van der Waals surface area contributed by atoms with E-state index in [0.717, 1.165) is 12.0 Å². The molecule has 0 aliphatic heterocycles. The van der Waals surface area contributed by atoms with Crippen LogP contribution in [0.2, 0.25) is 5.02 Å². The summed E-state index contributed by atoms with van der Waals surface area (Å²) in [6.45, 7) is 2.45. The molecule has 0 atom stereocenters. The van der Waals surface area contributed by atoms with E-state index in [1.807, 2.05) is 30.3 Å². The van der Waals surface area contributed by atoms with Gasteiger partial charge >= 0.3 is 0 Å². The van der Waals surface area contributed by atoms with Gasteiger partial charge in [0.1, 0.15) is 5.75 Å². The van der Waals surface area contributed by atoms with E-state index in [-0.39, 0.29) is 18.2 Å². The fourth-order valence-corrected chi connectivity index (χ4v) is 2.73. The summed E-state index contributed by atoms with van der Waals surface area (Å²) in [7, 11) is 1.53. The molecule has 1 N–H and O–H groups in total. The van der Waals surface area contributed by atoms with Gasteiger partial charge in [0.05, 0.1) is 12.8 Å². The lowest BCUT2D eigenvalue weighted by molar-refractivity contribution is -0.129. The third kappa shape index (κ3) is 6.08. The third-order valence-corrected chi connectivity index (χ3v) is 4.24. The zero-order chi connectivity index (χ0) is 18.9. The van der Waals surface area contributed by atoms with Crippen molar-refractivity contribution in [1.82, 2.24) is 4.90 Å². The molecule has 0 aliphatic carbocycles. The molecule has 6 heteroatoms. The SMILES string of the molecule is COc1ccc(Cl)cc1NC(=O)CCN(CCc1ccccc1)C(C)=O. The molecule has 0 heterocycles. The van der Waals surface area contributed by atoms with Crippen molar-refractivity contribution >= 4 is 29.1 Å². The second kappa shape index (κ2) is 9.82. The molecule has 0 aliphatic rings. The highest BCUT2D eigenvalue weighted by Crippen LogP contribution is 2.27. The molecule has 138 valence electrons. The summed E-state index contributed by atoms with van der Waals surface area (Å²) in [5.41, 5.74) is 1.68. The first-order chi connectivity index (χ1) is 12.5. The van der Waals surface area contributed by atoms with Gasteiger partial charge in [-0.3, -0.25) is 9.59 Å². The first-order valence-electron chi connectivity index (χ1n) is 8.42. The lowest BCUT2D eigenvalue weighted by Crippen LogP contribution is -2.33. The van der Waals surface area contributed by atoms with Crippen LogP contribution in [0.5, 0.6) is 5.75 Å². The number of carbonyl (C=O) groups is 2. The monoisotopic (exact) mass is 374 g/mol. The minimum atomic E-state index is -0.198. The number of hydrogen-bond acceptors (Lipinski definition) is 3. The van der Waals surface area contributed by atoms with E-state index >= 15 is 0 Å². The predicted molar refractivity (Wildman–Crippen MR) is 104 cm³/mol. The number of benzene rings is 2. The fraction of sp³-hybridized carbons (Fsp3) is 0.300. The Bertz CT molecular complexity index is 750. The molecule has 0 unspecified atom stereocenters. The van der Waals surface area contributed by atoms with Gasteiger partial charge in [-0.15, -0.1) is 0 Å². The van der Waals surface area contributed by atoms with Crippen molar-refractivity contribution in [2.24, 2.45) is 0 Å². The van der Waals surface area contributed by atoms with Crippen LogP contribution in [-0.4, -0.2) is 36.9 Å². The number of rotatable bonds is 8. The maximum absolute atomic E-state index is 12.2. The molecule has 2 aromatic rings. The summed E-state index contributed by atoms with van der Waals surface area (Å²) in [6, 6.07) is 15.0. The van der Waals surface area contributed by atoms with Crippen molar-refractivity contribution in [3.63, 3.8) is 0 Å². The van der Waals surface area contributed by atoms with Crippen molar-refractivity contribution < 1.29 is 14.3 Å². The van der Waals surface area contributed by atoms with E-state index in [0.29, 0.717) is 29.5 Å². The Morgan fingerprint density at radius 3 is 2.50 bits per heavy atom. The average molecular weight is 375 g/mol. The number of ether oxygens (including phenoxy) is 1. The molecule has 5 nitrogen and oxygen atoms in total. The lowest BCUT2D eigenvalue weighted by Gasteiger charge is -2.21. The van der Waals surface area contributed by atoms with Crippen LogP contribution in [0, 0.1) is 0 Å². The molecule has 0 bridgehead atoms. The largest absolute Gasteiger partial charge is 0.495 e. The van der Waals surface area contributed by atoms with Gasteiger partial charge in [0.15, 0.2) is 0 Å². The van der Waals surface area contributed by atoms with Crippen molar-refractivity contribution in [2.75, 3.05) is 25.5 Å². The van der Waals surface area contributed by atoms with Gasteiger partial charge in [0.2, 0.25) is 11.8 Å².